The molecule has 1 saturated heterocycles. The molecule has 0 radical (unpaired) electrons. The third-order valence-corrected chi connectivity index (χ3v) is 14.6. The Balaban J connectivity index is 1.36. The Labute approximate surface area is 331 Å². The van der Waals surface area contributed by atoms with E-state index >= 15 is 0 Å². The SMILES string of the molecule is COc1cnc(O[C@@H]2C[C@H]3C(=O)C[C@]4(C(=O)NS(=O)(=O)C5(C)CC5)C[C@H]4/C=C\CC[C@@H](C)C[C@@H](C)[C@H](CC(=O)OC(C)(C)C(F)(F)F)C(=O)N3C2)c2ccccc12. The van der Waals surface area contributed by atoms with Crippen molar-refractivity contribution >= 4 is 44.4 Å². The van der Waals surface area contributed by atoms with Crippen molar-refractivity contribution in [3.63, 3.8) is 0 Å². The maximum Gasteiger partial charge on any atom is 0.427 e. The number of benzene rings is 1. The third kappa shape index (κ3) is 8.66. The van der Waals surface area contributed by atoms with Gasteiger partial charge in [-0.1, -0.05) is 44.2 Å². The van der Waals surface area contributed by atoms with Crippen LogP contribution in [0.1, 0.15) is 92.4 Å². The lowest BCUT2D eigenvalue weighted by molar-refractivity contribution is -0.257. The van der Waals surface area contributed by atoms with E-state index in [4.69, 9.17) is 14.2 Å². The van der Waals surface area contributed by atoms with Crippen LogP contribution >= 0.6 is 0 Å². The summed E-state index contributed by atoms with van der Waals surface area (Å²) in [6.07, 6.45) is 1.29. The van der Waals surface area contributed by atoms with Crippen LogP contribution < -0.4 is 14.2 Å². The van der Waals surface area contributed by atoms with Gasteiger partial charge in [0, 0.05) is 23.6 Å². The number of rotatable bonds is 9. The summed E-state index contributed by atoms with van der Waals surface area (Å²) in [5.41, 5.74) is -4.19. The minimum Gasteiger partial charge on any atom is -0.494 e. The molecule has 0 bridgehead atoms. The maximum absolute atomic E-state index is 14.8. The molecule has 1 N–H and O–H groups in total. The summed E-state index contributed by atoms with van der Waals surface area (Å²) < 4.78 is 85.7. The fourth-order valence-electron chi connectivity index (χ4n) is 8.20. The molecule has 3 heterocycles. The van der Waals surface area contributed by atoms with Crippen LogP contribution in [0.4, 0.5) is 13.2 Å². The van der Waals surface area contributed by atoms with E-state index in [-0.39, 0.29) is 37.6 Å². The lowest BCUT2D eigenvalue weighted by Gasteiger charge is -2.33. The largest absolute Gasteiger partial charge is 0.494 e. The van der Waals surface area contributed by atoms with E-state index in [1.165, 1.54) is 18.2 Å². The number of nitrogens with one attached hydrogen (secondary N) is 1. The molecular weight excluding hydrogens is 768 g/mol. The second-order valence-electron chi connectivity index (χ2n) is 17.3. The van der Waals surface area contributed by atoms with Gasteiger partial charge in [-0.05, 0) is 83.1 Å². The molecule has 1 aromatic carbocycles. The Kier molecular flexibility index (Phi) is 11.5. The molecule has 312 valence electrons. The van der Waals surface area contributed by atoms with E-state index in [2.05, 4.69) is 9.71 Å². The molecule has 6 rings (SSSR count). The molecule has 1 aromatic heterocycles. The fraction of sp³-hybridized carbons (Fsp3) is 0.634. The van der Waals surface area contributed by atoms with Crippen molar-refractivity contribution in [2.45, 2.75) is 121 Å². The van der Waals surface area contributed by atoms with Crippen molar-refractivity contribution in [2.75, 3.05) is 13.7 Å². The second kappa shape index (κ2) is 15.5. The zero-order chi connectivity index (χ0) is 41.7. The Morgan fingerprint density at radius 2 is 1.75 bits per heavy atom. The molecule has 2 aromatic rings. The van der Waals surface area contributed by atoms with Crippen LogP contribution in [0.5, 0.6) is 11.6 Å². The van der Waals surface area contributed by atoms with Gasteiger partial charge in [-0.15, -0.1) is 0 Å². The van der Waals surface area contributed by atoms with E-state index in [0.717, 1.165) is 13.8 Å². The highest BCUT2D eigenvalue weighted by Gasteiger charge is 2.63. The number of Topliss-reactive ketones (excluding diaryl/α,β-unsaturated/α-hetero) is 1. The van der Waals surface area contributed by atoms with Crippen molar-refractivity contribution in [2.24, 2.45) is 29.1 Å². The zero-order valence-corrected chi connectivity index (χ0v) is 34.0. The number of ketones is 1. The molecule has 57 heavy (non-hydrogen) atoms. The van der Waals surface area contributed by atoms with Crippen LogP contribution in [0, 0.1) is 29.1 Å². The second-order valence-corrected chi connectivity index (χ2v) is 19.5. The number of halogens is 3. The number of ether oxygens (including phenoxy) is 3. The van der Waals surface area contributed by atoms with Gasteiger partial charge in [-0.3, -0.25) is 23.9 Å². The first-order valence-corrected chi connectivity index (χ1v) is 21.0. The summed E-state index contributed by atoms with van der Waals surface area (Å²) in [6.45, 7) is 6.65. The van der Waals surface area contributed by atoms with Gasteiger partial charge in [0.15, 0.2) is 5.78 Å². The molecule has 2 amide bonds. The van der Waals surface area contributed by atoms with Gasteiger partial charge in [-0.25, -0.2) is 13.4 Å². The molecule has 7 atom stereocenters. The van der Waals surface area contributed by atoms with Gasteiger partial charge < -0.3 is 19.1 Å². The number of alkyl halides is 3. The Morgan fingerprint density at radius 3 is 2.40 bits per heavy atom. The molecule has 4 aliphatic rings. The Morgan fingerprint density at radius 1 is 1.07 bits per heavy atom. The topological polar surface area (TPSA) is 158 Å². The summed E-state index contributed by atoms with van der Waals surface area (Å²) in [5.74, 6) is -4.45. The highest BCUT2D eigenvalue weighted by Crippen LogP contribution is 2.58. The summed E-state index contributed by atoms with van der Waals surface area (Å²) in [5, 5.41) is 1.33. The van der Waals surface area contributed by atoms with Crippen LogP contribution in [-0.4, -0.2) is 84.2 Å². The molecule has 2 aliphatic heterocycles. The number of aromatic nitrogens is 1. The number of fused-ring (bicyclic) bond motifs is 3. The first kappa shape index (κ1) is 42.4. The minimum absolute atomic E-state index is 0.0194. The molecule has 0 unspecified atom stereocenters. The van der Waals surface area contributed by atoms with Crippen LogP contribution in [0.2, 0.25) is 0 Å². The number of sulfonamides is 1. The van der Waals surface area contributed by atoms with Crippen molar-refractivity contribution in [1.29, 1.82) is 0 Å². The smallest absolute Gasteiger partial charge is 0.427 e. The van der Waals surface area contributed by atoms with E-state index in [9.17, 15) is 40.8 Å². The highest BCUT2D eigenvalue weighted by molar-refractivity contribution is 7.91. The minimum atomic E-state index is -4.86. The number of carbonyl (C=O) groups is 4. The van der Waals surface area contributed by atoms with E-state index in [1.807, 2.05) is 31.2 Å². The highest BCUT2D eigenvalue weighted by atomic mass is 32.2. The average molecular weight is 820 g/mol. The predicted octanol–water partition coefficient (Wildman–Crippen LogP) is 6.46. The summed E-state index contributed by atoms with van der Waals surface area (Å²) in [7, 11) is -2.52. The van der Waals surface area contributed by atoms with Gasteiger partial charge in [0.25, 0.3) is 0 Å². The predicted molar refractivity (Wildman–Crippen MR) is 203 cm³/mol. The van der Waals surface area contributed by atoms with E-state index in [0.29, 0.717) is 48.6 Å². The molecule has 0 spiro atoms. The molecule has 2 aliphatic carbocycles. The number of hydrogen-bond donors (Lipinski definition) is 1. The maximum atomic E-state index is 14.8. The number of methoxy groups -OCH3 is 1. The summed E-state index contributed by atoms with van der Waals surface area (Å²) in [4.78, 5) is 62.4. The summed E-state index contributed by atoms with van der Waals surface area (Å²) >= 11 is 0. The number of hydrogen-bond acceptors (Lipinski definition) is 10. The number of nitrogens with zero attached hydrogens (tertiary/aromatic N) is 2. The first-order chi connectivity index (χ1) is 26.6. The normalized spacial score (nSPS) is 29.9. The van der Waals surface area contributed by atoms with Crippen molar-refractivity contribution < 1.29 is 55.0 Å². The Bertz CT molecular complexity index is 2050. The Hall–Kier alpha value is -4.21. The number of allylic oxidation sites excluding steroid dienone is 2. The standard InChI is InChI=1S/C41H52F3N3O9S/c1-24-11-7-8-12-26-20-40(26,37(51)46-57(52,53)39(5)15-16-39)21-32(48)31-18-27(55-35-29-14-10-9-13-28(29)33(54-6)22-45-35)23-47(31)36(50)30(25(2)17-24)19-34(49)56-38(3,4)41(42,43)44/h8-10,12-14,22,24-27,30-31H,7,11,15-21,23H2,1-6H3,(H,46,51)/b12-8-/t24-,25-,26-,27-,30+,31+,40-/m1/s1. The van der Waals surface area contributed by atoms with Gasteiger partial charge >= 0.3 is 12.1 Å². The van der Waals surface area contributed by atoms with Crippen LogP contribution in [-0.2, 0) is 33.9 Å². The molecular formula is C41H52F3N3O9S. The van der Waals surface area contributed by atoms with Crippen LogP contribution in [0.3, 0.4) is 0 Å². The molecule has 12 nitrogen and oxygen atoms in total. The average Bonchev–Trinajstić information content (AvgIpc) is 4.01. The zero-order valence-electron chi connectivity index (χ0n) is 33.2. The first-order valence-electron chi connectivity index (χ1n) is 19.5. The quantitative estimate of drug-likeness (QED) is 0.220. The van der Waals surface area contributed by atoms with E-state index in [1.54, 1.807) is 26.0 Å². The van der Waals surface area contributed by atoms with Crippen molar-refractivity contribution in [1.82, 2.24) is 14.6 Å². The number of esters is 1. The fourth-order valence-corrected chi connectivity index (χ4v) is 9.54. The van der Waals surface area contributed by atoms with Crippen LogP contribution in [0.15, 0.2) is 42.6 Å². The van der Waals surface area contributed by atoms with Gasteiger partial charge in [0.05, 0.1) is 48.4 Å². The van der Waals surface area contributed by atoms with Gasteiger partial charge in [0.1, 0.15) is 11.9 Å². The third-order valence-electron chi connectivity index (χ3n) is 12.5. The van der Waals surface area contributed by atoms with Crippen LogP contribution in [0.25, 0.3) is 10.8 Å². The molecule has 3 fully saturated rings. The lowest BCUT2D eigenvalue weighted by atomic mass is 9.82. The van der Waals surface area contributed by atoms with Gasteiger partial charge in [-0.2, -0.15) is 13.2 Å². The number of amides is 2. The molecule has 16 heteroatoms. The monoisotopic (exact) mass is 819 g/mol. The van der Waals surface area contributed by atoms with E-state index < -0.39 is 91.8 Å². The number of carbonyl (C=O) groups excluding carboxylic acids is 4. The van der Waals surface area contributed by atoms with Gasteiger partial charge in [0.2, 0.25) is 33.3 Å². The summed E-state index contributed by atoms with van der Waals surface area (Å²) in [6, 6.07) is 6.07. The lowest BCUT2D eigenvalue weighted by Crippen LogP contribution is -2.48. The molecule has 2 saturated carbocycles. The number of pyridine rings is 1. The van der Waals surface area contributed by atoms with Crippen molar-refractivity contribution in [3.05, 3.63) is 42.6 Å². The van der Waals surface area contributed by atoms with Crippen molar-refractivity contribution in [3.8, 4) is 11.6 Å².